The molecule has 18 heavy (non-hydrogen) atoms. The van der Waals surface area contributed by atoms with Gasteiger partial charge in [0.1, 0.15) is 5.82 Å². The van der Waals surface area contributed by atoms with Gasteiger partial charge in [0.15, 0.2) is 0 Å². The zero-order valence-corrected chi connectivity index (χ0v) is 13.4. The Hall–Kier alpha value is -0.880. The van der Waals surface area contributed by atoms with E-state index in [2.05, 4.69) is 80.8 Å². The summed E-state index contributed by atoms with van der Waals surface area (Å²) < 4.78 is 2.25. The summed E-state index contributed by atoms with van der Waals surface area (Å²) in [6.07, 6.45) is 0. The maximum Gasteiger partial charge on any atom is 0.139 e. The second-order valence-electron chi connectivity index (χ2n) is 4.18. The smallest absolute Gasteiger partial charge is 0.139 e. The molecule has 0 aliphatic carbocycles. The van der Waals surface area contributed by atoms with Crippen LogP contribution in [0, 0.1) is 10.5 Å². The third kappa shape index (κ3) is 2.07. The monoisotopic (exact) mass is 412 g/mol. The molecule has 0 aliphatic heterocycles. The highest BCUT2D eigenvalue weighted by atomic mass is 127. The van der Waals surface area contributed by atoms with Crippen LogP contribution in [0.1, 0.15) is 5.56 Å². The average molecular weight is 413 g/mol. The Balaban J connectivity index is 2.26. The van der Waals surface area contributed by atoms with Gasteiger partial charge in [0.05, 0.1) is 11.0 Å². The van der Waals surface area contributed by atoms with E-state index in [4.69, 9.17) is 4.98 Å². The van der Waals surface area contributed by atoms with Gasteiger partial charge in [-0.05, 0) is 59.3 Å². The number of fused-ring (bicyclic) bond motifs is 1. The van der Waals surface area contributed by atoms with Crippen LogP contribution in [-0.4, -0.2) is 9.97 Å². The number of aryl methyl sites for hydroxylation is 1. The molecule has 0 bridgehead atoms. The molecule has 1 aromatic heterocycles. The van der Waals surface area contributed by atoms with Gasteiger partial charge in [-0.25, -0.2) is 4.98 Å². The van der Waals surface area contributed by atoms with Gasteiger partial charge >= 0.3 is 0 Å². The summed E-state index contributed by atoms with van der Waals surface area (Å²) in [5.74, 6) is 0.907. The van der Waals surface area contributed by atoms with E-state index in [9.17, 15) is 0 Å². The number of benzene rings is 2. The molecule has 0 radical (unpaired) electrons. The number of para-hydroxylation sites is 1. The Morgan fingerprint density at radius 1 is 1.22 bits per heavy atom. The molecule has 90 valence electrons. The van der Waals surface area contributed by atoms with Crippen LogP contribution in [0.3, 0.4) is 0 Å². The Labute approximate surface area is 127 Å². The molecule has 2 aromatic carbocycles. The largest absolute Gasteiger partial charge is 0.338 e. The summed E-state index contributed by atoms with van der Waals surface area (Å²) in [7, 11) is 0. The third-order valence-corrected chi connectivity index (χ3v) is 4.26. The number of nitrogens with zero attached hydrogens (tertiary/aromatic N) is 1. The van der Waals surface area contributed by atoms with Crippen LogP contribution in [0.15, 0.2) is 40.9 Å². The molecule has 0 amide bonds. The van der Waals surface area contributed by atoms with Crippen LogP contribution in [0.4, 0.5) is 0 Å². The van der Waals surface area contributed by atoms with Crippen LogP contribution in [0.25, 0.3) is 22.4 Å². The predicted molar refractivity (Wildman–Crippen MR) is 86.7 cm³/mol. The first-order chi connectivity index (χ1) is 8.65. The number of hydrogen-bond acceptors (Lipinski definition) is 1. The Kier molecular flexibility index (Phi) is 3.15. The molecule has 2 nitrogen and oxygen atoms in total. The molecular weight excluding hydrogens is 403 g/mol. The van der Waals surface area contributed by atoms with Crippen LogP contribution < -0.4 is 0 Å². The second kappa shape index (κ2) is 4.66. The standard InChI is InChI=1S/C14H10BrIN2/c1-8-3-2-4-12-13(8)18-14(17-12)10-7-9(16)5-6-11(10)15/h2-7H,1H3,(H,17,18). The quantitative estimate of drug-likeness (QED) is 0.565. The average Bonchev–Trinajstić information content (AvgIpc) is 2.77. The number of halogens is 2. The van der Waals surface area contributed by atoms with E-state index in [1.165, 1.54) is 9.13 Å². The maximum atomic E-state index is 4.70. The number of aromatic nitrogens is 2. The van der Waals surface area contributed by atoms with E-state index in [0.29, 0.717) is 0 Å². The van der Waals surface area contributed by atoms with E-state index in [-0.39, 0.29) is 0 Å². The molecule has 0 unspecified atom stereocenters. The van der Waals surface area contributed by atoms with Crippen molar-refractivity contribution < 1.29 is 0 Å². The minimum Gasteiger partial charge on any atom is -0.338 e. The van der Waals surface area contributed by atoms with Gasteiger partial charge in [-0.1, -0.05) is 28.1 Å². The van der Waals surface area contributed by atoms with Crippen molar-refractivity contribution in [1.29, 1.82) is 0 Å². The summed E-state index contributed by atoms with van der Waals surface area (Å²) in [5.41, 5.74) is 4.41. The molecule has 1 heterocycles. The second-order valence-corrected chi connectivity index (χ2v) is 6.28. The van der Waals surface area contributed by atoms with Crippen LogP contribution in [-0.2, 0) is 0 Å². The fourth-order valence-electron chi connectivity index (χ4n) is 1.98. The molecule has 0 atom stereocenters. The van der Waals surface area contributed by atoms with Crippen LogP contribution in [0.2, 0.25) is 0 Å². The minimum atomic E-state index is 0.907. The summed E-state index contributed by atoms with van der Waals surface area (Å²) in [5, 5.41) is 0. The van der Waals surface area contributed by atoms with E-state index < -0.39 is 0 Å². The molecule has 0 fully saturated rings. The Bertz CT molecular complexity index is 734. The SMILES string of the molecule is Cc1cccc2[nH]c(-c3cc(I)ccc3Br)nc12. The van der Waals surface area contributed by atoms with Gasteiger partial charge in [-0.3, -0.25) is 0 Å². The van der Waals surface area contributed by atoms with E-state index in [1.807, 2.05) is 6.07 Å². The van der Waals surface area contributed by atoms with Gasteiger partial charge in [-0.2, -0.15) is 0 Å². The fourth-order valence-corrected chi connectivity index (χ4v) is 2.91. The van der Waals surface area contributed by atoms with Gasteiger partial charge in [0, 0.05) is 13.6 Å². The summed E-state index contributed by atoms with van der Waals surface area (Å²) in [6.45, 7) is 2.08. The Morgan fingerprint density at radius 3 is 2.83 bits per heavy atom. The van der Waals surface area contributed by atoms with Crippen molar-refractivity contribution >= 4 is 49.6 Å². The molecule has 0 saturated carbocycles. The number of nitrogens with one attached hydrogen (secondary N) is 1. The van der Waals surface area contributed by atoms with Crippen molar-refractivity contribution in [3.63, 3.8) is 0 Å². The van der Waals surface area contributed by atoms with E-state index in [1.54, 1.807) is 0 Å². The summed E-state index contributed by atoms with van der Waals surface area (Å²) >= 11 is 5.89. The third-order valence-electron chi connectivity index (χ3n) is 2.90. The lowest BCUT2D eigenvalue weighted by Gasteiger charge is -2.01. The lowest BCUT2D eigenvalue weighted by atomic mass is 10.2. The van der Waals surface area contributed by atoms with Crippen LogP contribution in [0.5, 0.6) is 0 Å². The van der Waals surface area contributed by atoms with Gasteiger partial charge in [-0.15, -0.1) is 0 Å². The molecule has 0 saturated heterocycles. The van der Waals surface area contributed by atoms with Crippen molar-refractivity contribution in [3.05, 3.63) is 50.0 Å². The lowest BCUT2D eigenvalue weighted by Crippen LogP contribution is -1.83. The first kappa shape index (κ1) is 12.2. The molecule has 1 N–H and O–H groups in total. The summed E-state index contributed by atoms with van der Waals surface area (Å²) in [4.78, 5) is 8.07. The number of rotatable bonds is 1. The maximum absolute atomic E-state index is 4.70. The van der Waals surface area contributed by atoms with Gasteiger partial charge < -0.3 is 4.98 Å². The molecule has 0 aliphatic rings. The van der Waals surface area contributed by atoms with Gasteiger partial charge in [0.2, 0.25) is 0 Å². The predicted octanol–water partition coefficient (Wildman–Crippen LogP) is 4.91. The first-order valence-electron chi connectivity index (χ1n) is 5.56. The number of H-pyrrole nitrogens is 1. The van der Waals surface area contributed by atoms with Crippen molar-refractivity contribution in [2.75, 3.05) is 0 Å². The fraction of sp³-hybridized carbons (Fsp3) is 0.0714. The highest BCUT2D eigenvalue weighted by molar-refractivity contribution is 14.1. The van der Waals surface area contributed by atoms with Crippen LogP contribution >= 0.6 is 38.5 Å². The highest BCUT2D eigenvalue weighted by Crippen LogP contribution is 2.29. The van der Waals surface area contributed by atoms with Gasteiger partial charge in [0.25, 0.3) is 0 Å². The topological polar surface area (TPSA) is 28.7 Å². The van der Waals surface area contributed by atoms with Crippen molar-refractivity contribution in [3.8, 4) is 11.4 Å². The van der Waals surface area contributed by atoms with Crippen molar-refractivity contribution in [2.45, 2.75) is 6.92 Å². The zero-order chi connectivity index (χ0) is 12.7. The molecule has 3 aromatic rings. The highest BCUT2D eigenvalue weighted by Gasteiger charge is 2.10. The minimum absolute atomic E-state index is 0.907. The van der Waals surface area contributed by atoms with Crippen molar-refractivity contribution in [2.24, 2.45) is 0 Å². The number of aromatic amines is 1. The zero-order valence-electron chi connectivity index (χ0n) is 9.67. The molecule has 0 spiro atoms. The lowest BCUT2D eigenvalue weighted by molar-refractivity contribution is 1.32. The molecule has 3 rings (SSSR count). The summed E-state index contributed by atoms with van der Waals surface area (Å²) in [6, 6.07) is 12.4. The first-order valence-corrected chi connectivity index (χ1v) is 7.43. The van der Waals surface area contributed by atoms with E-state index >= 15 is 0 Å². The Morgan fingerprint density at radius 2 is 2.06 bits per heavy atom. The van der Waals surface area contributed by atoms with E-state index in [0.717, 1.165) is 26.9 Å². The normalized spacial score (nSPS) is 11.1. The number of imidazole rings is 1. The molecule has 4 heteroatoms. The van der Waals surface area contributed by atoms with Crippen molar-refractivity contribution in [1.82, 2.24) is 9.97 Å². The molecular formula is C14H10BrIN2. The number of hydrogen-bond donors (Lipinski definition) is 1.